The second-order valence-corrected chi connectivity index (χ2v) is 5.89. The summed E-state index contributed by atoms with van der Waals surface area (Å²) in [4.78, 5) is 0. The van der Waals surface area contributed by atoms with Crippen molar-refractivity contribution in [1.82, 2.24) is 0 Å². The summed E-state index contributed by atoms with van der Waals surface area (Å²) in [7, 11) is 0. The Bertz CT molecular complexity index is 319. The van der Waals surface area contributed by atoms with Crippen LogP contribution >= 0.6 is 31.9 Å². The van der Waals surface area contributed by atoms with E-state index >= 15 is 0 Å². The number of hydrogen-bond acceptors (Lipinski definition) is 1. The van der Waals surface area contributed by atoms with Crippen LogP contribution in [0.5, 0.6) is 0 Å². The molecule has 0 spiro atoms. The second kappa shape index (κ2) is 6.18. The molecule has 3 heteroatoms. The van der Waals surface area contributed by atoms with E-state index in [1.165, 1.54) is 24.8 Å². The maximum absolute atomic E-state index is 5.96. The van der Waals surface area contributed by atoms with Crippen molar-refractivity contribution in [1.29, 1.82) is 0 Å². The highest BCUT2D eigenvalue weighted by molar-refractivity contribution is 9.10. The van der Waals surface area contributed by atoms with Crippen LogP contribution in [-0.2, 0) is 4.74 Å². The van der Waals surface area contributed by atoms with Gasteiger partial charge in [0, 0.05) is 9.80 Å². The topological polar surface area (TPSA) is 9.23 Å². The van der Waals surface area contributed by atoms with E-state index in [2.05, 4.69) is 56.1 Å². The summed E-state index contributed by atoms with van der Waals surface area (Å²) in [5.41, 5.74) is 1.25. The molecule has 2 rings (SSSR count). The average Bonchev–Trinajstić information content (AvgIpc) is 2.24. The van der Waals surface area contributed by atoms with Gasteiger partial charge in [-0.1, -0.05) is 50.4 Å². The van der Waals surface area contributed by atoms with Gasteiger partial charge < -0.3 is 4.74 Å². The first-order valence-corrected chi connectivity index (χ1v) is 7.64. The lowest BCUT2D eigenvalue weighted by molar-refractivity contribution is 0.0224. The van der Waals surface area contributed by atoms with E-state index in [0.29, 0.717) is 0 Å². The van der Waals surface area contributed by atoms with Crippen LogP contribution in [0.2, 0.25) is 0 Å². The normalized spacial score (nSPS) is 18.1. The number of rotatable bonds is 5. The van der Waals surface area contributed by atoms with E-state index < -0.39 is 0 Å². The summed E-state index contributed by atoms with van der Waals surface area (Å²) in [5.74, 6) is 0.803. The van der Waals surface area contributed by atoms with Crippen molar-refractivity contribution < 1.29 is 4.74 Å². The van der Waals surface area contributed by atoms with Gasteiger partial charge in [-0.3, -0.25) is 0 Å². The lowest BCUT2D eigenvalue weighted by Crippen LogP contribution is -2.19. The molecule has 0 aliphatic heterocycles. The molecule has 0 heterocycles. The molecule has 0 radical (unpaired) electrons. The Morgan fingerprint density at radius 3 is 2.44 bits per heavy atom. The van der Waals surface area contributed by atoms with Crippen molar-refractivity contribution in [2.24, 2.45) is 5.92 Å². The van der Waals surface area contributed by atoms with Crippen molar-refractivity contribution >= 4 is 31.9 Å². The monoisotopic (exact) mass is 346 g/mol. The van der Waals surface area contributed by atoms with Gasteiger partial charge in [-0.25, -0.2) is 0 Å². The molecule has 1 fully saturated rings. The van der Waals surface area contributed by atoms with Crippen LogP contribution in [0.3, 0.4) is 0 Å². The van der Waals surface area contributed by atoms with Crippen molar-refractivity contribution in [2.45, 2.75) is 25.4 Å². The van der Waals surface area contributed by atoms with Crippen LogP contribution in [0.25, 0.3) is 0 Å². The van der Waals surface area contributed by atoms with Crippen molar-refractivity contribution in [3.05, 3.63) is 34.3 Å². The highest BCUT2D eigenvalue weighted by atomic mass is 79.9. The Balaban J connectivity index is 1.90. The van der Waals surface area contributed by atoms with Crippen LogP contribution in [0, 0.1) is 5.92 Å². The Morgan fingerprint density at radius 1 is 1.25 bits per heavy atom. The standard InChI is InChI=1S/C13H16Br2O/c14-8-13(16-9-10-2-1-3-10)11-4-6-12(15)7-5-11/h4-7,10,13H,1-3,8-9H2. The van der Waals surface area contributed by atoms with Gasteiger partial charge in [-0.05, 0) is 36.5 Å². The Morgan fingerprint density at radius 2 is 1.94 bits per heavy atom. The molecule has 0 saturated heterocycles. The van der Waals surface area contributed by atoms with E-state index in [1.807, 2.05) is 0 Å². The molecule has 1 aliphatic rings. The van der Waals surface area contributed by atoms with Crippen LogP contribution < -0.4 is 0 Å². The smallest absolute Gasteiger partial charge is 0.0921 e. The third-order valence-electron chi connectivity index (χ3n) is 3.14. The molecular formula is C13H16Br2O. The van der Waals surface area contributed by atoms with E-state index in [4.69, 9.17) is 4.74 Å². The molecule has 0 aromatic heterocycles. The van der Waals surface area contributed by atoms with Gasteiger partial charge >= 0.3 is 0 Å². The van der Waals surface area contributed by atoms with Crippen molar-refractivity contribution in [2.75, 3.05) is 11.9 Å². The van der Waals surface area contributed by atoms with Crippen LogP contribution in [0.4, 0.5) is 0 Å². The van der Waals surface area contributed by atoms with Crippen LogP contribution in [0.15, 0.2) is 28.7 Å². The van der Waals surface area contributed by atoms with Gasteiger partial charge in [-0.15, -0.1) is 0 Å². The van der Waals surface area contributed by atoms with Gasteiger partial charge in [0.25, 0.3) is 0 Å². The fourth-order valence-electron chi connectivity index (χ4n) is 1.82. The van der Waals surface area contributed by atoms with E-state index in [0.717, 1.165) is 22.3 Å². The van der Waals surface area contributed by atoms with E-state index in [1.54, 1.807) is 0 Å². The quantitative estimate of drug-likeness (QED) is 0.701. The molecule has 1 nitrogen and oxygen atoms in total. The summed E-state index contributed by atoms with van der Waals surface area (Å²) in [5, 5.41) is 0.862. The van der Waals surface area contributed by atoms with Gasteiger partial charge in [-0.2, -0.15) is 0 Å². The first-order valence-electron chi connectivity index (χ1n) is 5.72. The zero-order valence-electron chi connectivity index (χ0n) is 9.16. The summed E-state index contributed by atoms with van der Waals surface area (Å²) in [6.07, 6.45) is 4.25. The highest BCUT2D eigenvalue weighted by Gasteiger charge is 2.20. The van der Waals surface area contributed by atoms with E-state index in [-0.39, 0.29) is 6.10 Å². The van der Waals surface area contributed by atoms with Crippen molar-refractivity contribution in [3.8, 4) is 0 Å². The fraction of sp³-hybridized carbons (Fsp3) is 0.538. The minimum absolute atomic E-state index is 0.189. The molecule has 1 atom stereocenters. The molecule has 0 amide bonds. The third-order valence-corrected chi connectivity index (χ3v) is 4.26. The molecule has 0 bridgehead atoms. The van der Waals surface area contributed by atoms with E-state index in [9.17, 15) is 0 Å². The molecule has 0 N–H and O–H groups in total. The maximum atomic E-state index is 5.96. The zero-order chi connectivity index (χ0) is 11.4. The molecule has 16 heavy (non-hydrogen) atoms. The van der Waals surface area contributed by atoms with Crippen LogP contribution in [0.1, 0.15) is 30.9 Å². The zero-order valence-corrected chi connectivity index (χ0v) is 12.3. The number of alkyl halides is 1. The first-order chi connectivity index (χ1) is 7.79. The average molecular weight is 348 g/mol. The first kappa shape index (κ1) is 12.6. The number of hydrogen-bond donors (Lipinski definition) is 0. The van der Waals surface area contributed by atoms with Gasteiger partial charge in [0.15, 0.2) is 0 Å². The molecule has 1 saturated carbocycles. The van der Waals surface area contributed by atoms with Gasteiger partial charge in [0.2, 0.25) is 0 Å². The molecule has 1 unspecified atom stereocenters. The summed E-state index contributed by atoms with van der Waals surface area (Å²) < 4.78 is 7.07. The Labute approximate surface area is 114 Å². The minimum Gasteiger partial charge on any atom is -0.372 e. The molecule has 1 aliphatic carbocycles. The van der Waals surface area contributed by atoms with Gasteiger partial charge in [0.1, 0.15) is 0 Å². The number of benzene rings is 1. The molecule has 88 valence electrons. The SMILES string of the molecule is BrCC(OCC1CCC1)c1ccc(Br)cc1. The largest absolute Gasteiger partial charge is 0.372 e. The predicted molar refractivity (Wildman–Crippen MR) is 74.0 cm³/mol. The summed E-state index contributed by atoms with van der Waals surface area (Å²) >= 11 is 6.97. The molecular weight excluding hydrogens is 332 g/mol. The minimum atomic E-state index is 0.189. The summed E-state index contributed by atoms with van der Waals surface area (Å²) in [6, 6.07) is 8.38. The van der Waals surface area contributed by atoms with Gasteiger partial charge in [0.05, 0.1) is 12.7 Å². The summed E-state index contributed by atoms with van der Waals surface area (Å²) in [6.45, 7) is 0.909. The third kappa shape index (κ3) is 3.31. The molecule has 1 aromatic rings. The number of ether oxygens (including phenoxy) is 1. The Kier molecular flexibility index (Phi) is 4.86. The van der Waals surface area contributed by atoms with Crippen LogP contribution in [-0.4, -0.2) is 11.9 Å². The fourth-order valence-corrected chi connectivity index (χ4v) is 2.64. The van der Waals surface area contributed by atoms with Crippen molar-refractivity contribution in [3.63, 3.8) is 0 Å². The maximum Gasteiger partial charge on any atom is 0.0921 e. The molecule has 1 aromatic carbocycles. The second-order valence-electron chi connectivity index (χ2n) is 4.32. The predicted octanol–water partition coefficient (Wildman–Crippen LogP) is 4.70. The lowest BCUT2D eigenvalue weighted by Gasteiger charge is -2.27. The lowest BCUT2D eigenvalue weighted by atomic mass is 9.86. The highest BCUT2D eigenvalue weighted by Crippen LogP contribution is 2.29. The number of halogens is 2. The Hall–Kier alpha value is 0.140.